The number of primary amides is 1. The van der Waals surface area contributed by atoms with Gasteiger partial charge in [-0.2, -0.15) is 0 Å². The van der Waals surface area contributed by atoms with E-state index in [9.17, 15) is 43.2 Å². The number of hydrogen-bond acceptors (Lipinski definition) is 11. The third-order valence-electron chi connectivity index (χ3n) is 8.81. The van der Waals surface area contributed by atoms with E-state index in [2.05, 4.69) is 4.72 Å². The summed E-state index contributed by atoms with van der Waals surface area (Å²) in [7, 11) is -1.11. The largest absolute Gasteiger partial charge is 0.508 e. The number of anilines is 1. The molecule has 1 saturated carbocycles. The number of carbonyl (C=O) groups is 3. The van der Waals surface area contributed by atoms with Gasteiger partial charge in [0.05, 0.1) is 23.0 Å². The number of aliphatic hydroxyl groups is 3. The van der Waals surface area contributed by atoms with Crippen LogP contribution in [0.2, 0.25) is 0 Å². The normalized spacial score (nSPS) is 28.2. The highest BCUT2D eigenvalue weighted by Crippen LogP contribution is 2.53. The zero-order chi connectivity index (χ0) is 30.9. The number of halogens is 1. The van der Waals surface area contributed by atoms with E-state index in [1.165, 1.54) is 19.0 Å². The van der Waals surface area contributed by atoms with Crippen molar-refractivity contribution in [2.45, 2.75) is 37.3 Å². The molecule has 0 radical (unpaired) electrons. The van der Waals surface area contributed by atoms with E-state index in [1.807, 2.05) is 4.90 Å². The number of sulfonamides is 1. The van der Waals surface area contributed by atoms with Crippen LogP contribution in [0.4, 0.5) is 10.1 Å². The van der Waals surface area contributed by atoms with Crippen LogP contribution in [0, 0.1) is 17.7 Å². The predicted molar refractivity (Wildman–Crippen MR) is 147 cm³/mol. The fourth-order valence-electron chi connectivity index (χ4n) is 6.82. The first-order chi connectivity index (χ1) is 19.6. The number of phenolic OH excluding ortho intramolecular Hbond substituents is 1. The minimum Gasteiger partial charge on any atom is -0.508 e. The summed E-state index contributed by atoms with van der Waals surface area (Å²) >= 11 is 0. The third-order valence-corrected chi connectivity index (χ3v) is 10.1. The number of nitrogens with two attached hydrogens (primary N) is 1. The van der Waals surface area contributed by atoms with E-state index in [4.69, 9.17) is 5.73 Å². The molecular formula is C27H33FN4O9S. The minimum absolute atomic E-state index is 0.196. The maximum absolute atomic E-state index is 15.4. The number of likely N-dealkylation sites (N-methyl/N-ethyl adjacent to an activating group) is 1. The zero-order valence-electron chi connectivity index (χ0n) is 23.1. The number of fused-ring (bicyclic) bond motifs is 3. The van der Waals surface area contributed by atoms with Crippen molar-refractivity contribution >= 4 is 38.9 Å². The van der Waals surface area contributed by atoms with E-state index in [-0.39, 0.29) is 30.7 Å². The Balaban J connectivity index is 1.58. The van der Waals surface area contributed by atoms with Crippen LogP contribution in [0.15, 0.2) is 23.0 Å². The number of ketones is 2. The summed E-state index contributed by atoms with van der Waals surface area (Å²) in [4.78, 5) is 42.4. The summed E-state index contributed by atoms with van der Waals surface area (Å²) in [5.41, 5.74) is -0.231. The number of amides is 1. The van der Waals surface area contributed by atoms with E-state index in [0.717, 1.165) is 32.0 Å². The predicted octanol–water partition coefficient (Wildman–Crippen LogP) is -0.0594. The molecule has 1 amide bonds. The molecule has 4 atom stereocenters. The van der Waals surface area contributed by atoms with Crippen molar-refractivity contribution in [3.63, 3.8) is 0 Å². The Morgan fingerprint density at radius 1 is 1.21 bits per heavy atom. The van der Waals surface area contributed by atoms with Gasteiger partial charge in [0.2, 0.25) is 15.8 Å². The number of rotatable bonds is 7. The molecule has 1 saturated heterocycles. The Morgan fingerprint density at radius 3 is 2.45 bits per heavy atom. The van der Waals surface area contributed by atoms with Crippen LogP contribution in [0.3, 0.4) is 0 Å². The number of benzene rings is 1. The highest BCUT2D eigenvalue weighted by Gasteiger charge is 2.64. The molecule has 3 aliphatic carbocycles. The fourth-order valence-corrected chi connectivity index (χ4v) is 7.91. The first-order valence-corrected chi connectivity index (χ1v) is 15.2. The van der Waals surface area contributed by atoms with Gasteiger partial charge in [0, 0.05) is 29.7 Å². The average Bonchev–Trinajstić information content (AvgIpc) is 3.41. The maximum atomic E-state index is 15.4. The molecule has 0 aromatic heterocycles. The SMILES string of the molecule is CN(C)[C@@H]1C(=O)C(C(N)=O)=C(O)[C@@]2(O)C(=O)C3=C(O)c4c(O)c(NS(=O)(=O)CCN5CCCC5)cc(F)c4C[C@H]3C[C@@H]12. The summed E-state index contributed by atoms with van der Waals surface area (Å²) in [6.45, 7) is 1.75. The van der Waals surface area contributed by atoms with Gasteiger partial charge in [-0.3, -0.25) is 24.0 Å². The monoisotopic (exact) mass is 608 g/mol. The zero-order valence-corrected chi connectivity index (χ0v) is 23.9. The molecule has 0 unspecified atom stereocenters. The molecule has 1 aliphatic heterocycles. The molecule has 228 valence electrons. The molecule has 1 heterocycles. The van der Waals surface area contributed by atoms with Crippen molar-refractivity contribution in [2.75, 3.05) is 44.2 Å². The Morgan fingerprint density at radius 2 is 1.86 bits per heavy atom. The summed E-state index contributed by atoms with van der Waals surface area (Å²) in [6, 6.07) is -0.473. The molecule has 13 nitrogen and oxygen atoms in total. The molecule has 5 rings (SSSR count). The van der Waals surface area contributed by atoms with Crippen molar-refractivity contribution in [2.24, 2.45) is 17.6 Å². The summed E-state index contributed by atoms with van der Waals surface area (Å²) < 4.78 is 43.1. The average molecular weight is 609 g/mol. The van der Waals surface area contributed by atoms with Gasteiger partial charge >= 0.3 is 0 Å². The molecule has 0 bridgehead atoms. The van der Waals surface area contributed by atoms with Crippen molar-refractivity contribution in [3.05, 3.63) is 39.9 Å². The first-order valence-electron chi connectivity index (χ1n) is 13.5. The van der Waals surface area contributed by atoms with Gasteiger partial charge < -0.3 is 31.1 Å². The van der Waals surface area contributed by atoms with Gasteiger partial charge in [-0.1, -0.05) is 0 Å². The van der Waals surface area contributed by atoms with Crippen LogP contribution in [0.5, 0.6) is 5.75 Å². The minimum atomic E-state index is -4.05. The smallest absolute Gasteiger partial charge is 0.255 e. The molecular weight excluding hydrogens is 575 g/mol. The fraction of sp³-hybridized carbons (Fsp3) is 0.519. The van der Waals surface area contributed by atoms with Crippen LogP contribution in [0.25, 0.3) is 5.76 Å². The maximum Gasteiger partial charge on any atom is 0.255 e. The molecule has 42 heavy (non-hydrogen) atoms. The quantitative estimate of drug-likeness (QED) is 0.178. The summed E-state index contributed by atoms with van der Waals surface area (Å²) in [6.07, 6.45) is 1.46. The summed E-state index contributed by atoms with van der Waals surface area (Å²) in [5.74, 6) is -10.0. The number of likely N-dealkylation sites (tertiary alicyclic amines) is 1. The van der Waals surface area contributed by atoms with Crippen LogP contribution in [-0.4, -0.2) is 107 Å². The number of aromatic hydroxyl groups is 1. The van der Waals surface area contributed by atoms with Gasteiger partial charge in [0.1, 0.15) is 22.9 Å². The Labute approximate surface area is 241 Å². The molecule has 0 spiro atoms. The molecule has 1 aromatic rings. The van der Waals surface area contributed by atoms with Gasteiger partial charge in [-0.05, 0) is 58.8 Å². The van der Waals surface area contributed by atoms with Crippen molar-refractivity contribution in [1.29, 1.82) is 0 Å². The topological polar surface area (TPSA) is 211 Å². The van der Waals surface area contributed by atoms with Gasteiger partial charge in [-0.25, -0.2) is 12.8 Å². The highest BCUT2D eigenvalue weighted by atomic mass is 32.2. The Bertz CT molecular complexity index is 1570. The van der Waals surface area contributed by atoms with Crippen LogP contribution >= 0.6 is 0 Å². The molecule has 7 N–H and O–H groups in total. The molecule has 15 heteroatoms. The number of hydrogen-bond donors (Lipinski definition) is 6. The molecule has 4 aliphatic rings. The summed E-state index contributed by atoms with van der Waals surface area (Å²) in [5, 5.41) is 44.8. The van der Waals surface area contributed by atoms with E-state index in [1.54, 1.807) is 0 Å². The lowest BCUT2D eigenvalue weighted by Gasteiger charge is -2.50. The van der Waals surface area contributed by atoms with E-state index >= 15 is 4.39 Å². The number of nitrogens with zero attached hydrogens (tertiary/aromatic N) is 2. The lowest BCUT2D eigenvalue weighted by molar-refractivity contribution is -0.153. The number of nitrogens with one attached hydrogen (secondary N) is 1. The second-order valence-electron chi connectivity index (χ2n) is 11.5. The number of carbonyl (C=O) groups excluding carboxylic acids is 3. The highest BCUT2D eigenvalue weighted by molar-refractivity contribution is 7.92. The third kappa shape index (κ3) is 4.55. The standard InChI is InChI=1S/C27H33FN4O9S/c1-31(2)20-14-10-12-9-13-15(28)11-16(30-42(40,41)8-7-32-5-3-4-6-32)21(33)18(13)22(34)17(12)24(36)27(14,39)25(37)19(23(20)35)26(29)38/h11-12,14,20,30,33-34,37,39H,3-10H2,1-2H3,(H2,29,38)/t12-,14-,20-,27-/m0/s1. The second kappa shape index (κ2) is 10.3. The van der Waals surface area contributed by atoms with Crippen molar-refractivity contribution in [3.8, 4) is 5.75 Å². The van der Waals surface area contributed by atoms with Gasteiger partial charge in [0.25, 0.3) is 5.91 Å². The number of Topliss-reactive ketones (excluding diaryl/α,β-unsaturated/α-hetero) is 2. The van der Waals surface area contributed by atoms with Crippen LogP contribution in [-0.2, 0) is 30.8 Å². The molecule has 1 aromatic carbocycles. The van der Waals surface area contributed by atoms with Gasteiger partial charge in [0.15, 0.2) is 17.1 Å². The van der Waals surface area contributed by atoms with Gasteiger partial charge in [-0.15, -0.1) is 0 Å². The van der Waals surface area contributed by atoms with Crippen LogP contribution < -0.4 is 10.5 Å². The lowest BCUT2D eigenvalue weighted by atomic mass is 9.57. The molecule has 2 fully saturated rings. The lowest BCUT2D eigenvalue weighted by Crippen LogP contribution is -2.65. The van der Waals surface area contributed by atoms with E-state index in [0.29, 0.717) is 0 Å². The van der Waals surface area contributed by atoms with Crippen molar-refractivity contribution in [1.82, 2.24) is 9.80 Å². The Kier molecular flexibility index (Phi) is 7.36. The first kappa shape index (κ1) is 29.9. The van der Waals surface area contributed by atoms with Crippen LogP contribution in [0.1, 0.15) is 30.4 Å². The van der Waals surface area contributed by atoms with E-state index < -0.39 is 96.5 Å². The van der Waals surface area contributed by atoms with Crippen molar-refractivity contribution < 1.29 is 47.6 Å². The Hall–Kier alpha value is -3.53. The number of phenols is 1. The number of aliphatic hydroxyl groups excluding tert-OH is 2. The second-order valence-corrected chi connectivity index (χ2v) is 13.4.